The lowest BCUT2D eigenvalue weighted by atomic mass is 9.47. The van der Waals surface area contributed by atoms with E-state index in [0.29, 0.717) is 12.1 Å². The van der Waals surface area contributed by atoms with E-state index in [1.54, 1.807) is 0 Å². The van der Waals surface area contributed by atoms with Crippen LogP contribution in [0.2, 0.25) is 0 Å². The third-order valence-corrected chi connectivity index (χ3v) is 7.13. The van der Waals surface area contributed by atoms with Gasteiger partial charge < -0.3 is 15.5 Å². The Bertz CT molecular complexity index is 681. The third-order valence-electron chi connectivity index (χ3n) is 7.13. The van der Waals surface area contributed by atoms with Crippen LogP contribution in [0, 0.1) is 23.2 Å². The van der Waals surface area contributed by atoms with E-state index in [2.05, 4.69) is 15.5 Å². The molecule has 0 heterocycles. The molecule has 4 bridgehead atoms. The number of amides is 2. The van der Waals surface area contributed by atoms with E-state index in [0.717, 1.165) is 43.6 Å². The van der Waals surface area contributed by atoms with Gasteiger partial charge in [0.15, 0.2) is 0 Å². The first-order valence-electron chi connectivity index (χ1n) is 10.7. The predicted octanol–water partition coefficient (Wildman–Crippen LogP) is 2.68. The topological polar surface area (TPSA) is 61.4 Å². The Morgan fingerprint density at radius 2 is 1.61 bits per heavy atom. The van der Waals surface area contributed by atoms with Crippen LogP contribution in [-0.4, -0.2) is 49.9 Å². The molecule has 2 N–H and O–H groups in total. The standard InChI is InChI=1S/C23H33N3O2/c1-26(2)9-8-24-22(28)20(25-21(27)19-6-4-3-5-7-19)23-13-16-10-17(14-23)12-18(11-16)15-23/h3-7,16-18,20H,8-15H2,1-2H3,(H,24,28)(H,25,27)/t16?,17?,18?,20-,23?/m1/s1. The zero-order valence-electron chi connectivity index (χ0n) is 17.1. The number of nitrogens with one attached hydrogen (secondary N) is 2. The number of benzene rings is 1. The van der Waals surface area contributed by atoms with Crippen molar-refractivity contribution < 1.29 is 9.59 Å². The molecule has 4 aliphatic carbocycles. The summed E-state index contributed by atoms with van der Waals surface area (Å²) in [4.78, 5) is 28.3. The molecule has 0 unspecified atom stereocenters. The van der Waals surface area contributed by atoms with Crippen molar-refractivity contribution in [1.82, 2.24) is 15.5 Å². The number of hydrogen-bond donors (Lipinski definition) is 2. The maximum atomic E-state index is 13.3. The highest BCUT2D eigenvalue weighted by Crippen LogP contribution is 2.61. The Balaban J connectivity index is 1.55. The van der Waals surface area contributed by atoms with E-state index in [1.165, 1.54) is 19.3 Å². The van der Waals surface area contributed by atoms with Crippen LogP contribution in [-0.2, 0) is 4.79 Å². The molecule has 4 fully saturated rings. The van der Waals surface area contributed by atoms with Gasteiger partial charge in [0, 0.05) is 24.1 Å². The summed E-state index contributed by atoms with van der Waals surface area (Å²) >= 11 is 0. The fourth-order valence-corrected chi connectivity index (χ4v) is 6.34. The normalized spacial score (nSPS) is 31.6. The number of carbonyl (C=O) groups is 2. The van der Waals surface area contributed by atoms with Crippen molar-refractivity contribution in [3.63, 3.8) is 0 Å². The van der Waals surface area contributed by atoms with Gasteiger partial charge in [-0.25, -0.2) is 0 Å². The van der Waals surface area contributed by atoms with E-state index in [4.69, 9.17) is 0 Å². The van der Waals surface area contributed by atoms with Crippen LogP contribution >= 0.6 is 0 Å². The minimum atomic E-state index is -0.434. The van der Waals surface area contributed by atoms with Gasteiger partial charge in [-0.05, 0) is 82.5 Å². The van der Waals surface area contributed by atoms with Gasteiger partial charge in [-0.3, -0.25) is 9.59 Å². The van der Waals surface area contributed by atoms with Crippen molar-refractivity contribution in [3.8, 4) is 0 Å². The fraction of sp³-hybridized carbons (Fsp3) is 0.652. The summed E-state index contributed by atoms with van der Waals surface area (Å²) in [6.45, 7) is 1.40. The van der Waals surface area contributed by atoms with Gasteiger partial charge in [-0.2, -0.15) is 0 Å². The first-order chi connectivity index (χ1) is 13.4. The second-order valence-electron chi connectivity index (χ2n) is 9.65. The summed E-state index contributed by atoms with van der Waals surface area (Å²) in [5.41, 5.74) is 0.555. The van der Waals surface area contributed by atoms with Crippen LogP contribution in [0.5, 0.6) is 0 Å². The van der Waals surface area contributed by atoms with Crippen LogP contribution in [0.1, 0.15) is 48.9 Å². The Morgan fingerprint density at radius 1 is 1.04 bits per heavy atom. The van der Waals surface area contributed by atoms with Gasteiger partial charge in [0.1, 0.15) is 6.04 Å². The Hall–Kier alpha value is -1.88. The summed E-state index contributed by atoms with van der Waals surface area (Å²) < 4.78 is 0. The molecule has 0 saturated heterocycles. The van der Waals surface area contributed by atoms with Gasteiger partial charge in [-0.1, -0.05) is 18.2 Å². The number of rotatable bonds is 7. The van der Waals surface area contributed by atoms with E-state index in [9.17, 15) is 9.59 Å². The molecular weight excluding hydrogens is 350 g/mol. The number of nitrogens with zero attached hydrogens (tertiary/aromatic N) is 1. The molecule has 28 heavy (non-hydrogen) atoms. The van der Waals surface area contributed by atoms with Crippen molar-refractivity contribution in [2.45, 2.75) is 44.6 Å². The average Bonchev–Trinajstić information content (AvgIpc) is 2.65. The molecule has 0 aliphatic heterocycles. The van der Waals surface area contributed by atoms with Crippen LogP contribution in [0.15, 0.2) is 30.3 Å². The highest BCUT2D eigenvalue weighted by Gasteiger charge is 2.56. The van der Waals surface area contributed by atoms with Gasteiger partial charge in [0.25, 0.3) is 5.91 Å². The maximum absolute atomic E-state index is 13.3. The summed E-state index contributed by atoms with van der Waals surface area (Å²) in [7, 11) is 4.00. The molecule has 1 aromatic rings. The quantitative estimate of drug-likeness (QED) is 0.761. The largest absolute Gasteiger partial charge is 0.353 e. The summed E-state index contributed by atoms with van der Waals surface area (Å²) in [5.74, 6) is 2.06. The Labute approximate surface area is 168 Å². The highest BCUT2D eigenvalue weighted by atomic mass is 16.2. The lowest BCUT2D eigenvalue weighted by molar-refractivity contribution is -0.134. The number of likely N-dealkylation sites (N-methyl/N-ethyl adjacent to an activating group) is 1. The number of hydrogen-bond acceptors (Lipinski definition) is 3. The summed E-state index contributed by atoms with van der Waals surface area (Å²) in [6.07, 6.45) is 7.21. The first-order valence-corrected chi connectivity index (χ1v) is 10.7. The monoisotopic (exact) mass is 383 g/mol. The van der Waals surface area contributed by atoms with Gasteiger partial charge in [0.2, 0.25) is 5.91 Å². The molecular formula is C23H33N3O2. The highest BCUT2D eigenvalue weighted by molar-refractivity contribution is 5.97. The first kappa shape index (κ1) is 19.4. The second kappa shape index (κ2) is 7.86. The number of carbonyl (C=O) groups excluding carboxylic acids is 2. The van der Waals surface area contributed by atoms with Crippen LogP contribution in [0.4, 0.5) is 0 Å². The van der Waals surface area contributed by atoms with Gasteiger partial charge in [-0.15, -0.1) is 0 Å². The SMILES string of the molecule is CN(C)CCNC(=O)[C@@H](NC(=O)c1ccccc1)C12CC3CC(CC(C3)C1)C2. The molecule has 4 aliphatic rings. The molecule has 152 valence electrons. The van der Waals surface area contributed by atoms with Crippen LogP contribution in [0.3, 0.4) is 0 Å². The molecule has 5 rings (SSSR count). The van der Waals surface area contributed by atoms with E-state index in [-0.39, 0.29) is 17.2 Å². The molecule has 1 aromatic carbocycles. The molecule has 0 aromatic heterocycles. The fourth-order valence-electron chi connectivity index (χ4n) is 6.34. The van der Waals surface area contributed by atoms with Crippen molar-refractivity contribution in [2.24, 2.45) is 23.2 Å². The lowest BCUT2D eigenvalue weighted by Gasteiger charge is -2.59. The molecule has 1 atom stereocenters. The zero-order chi connectivity index (χ0) is 19.7. The lowest BCUT2D eigenvalue weighted by Crippen LogP contribution is -2.62. The van der Waals surface area contributed by atoms with Crippen molar-refractivity contribution >= 4 is 11.8 Å². The zero-order valence-corrected chi connectivity index (χ0v) is 17.1. The maximum Gasteiger partial charge on any atom is 0.251 e. The summed E-state index contributed by atoms with van der Waals surface area (Å²) in [5, 5.41) is 6.26. The van der Waals surface area contributed by atoms with E-state index < -0.39 is 6.04 Å². The van der Waals surface area contributed by atoms with Gasteiger partial charge in [0.05, 0.1) is 0 Å². The van der Waals surface area contributed by atoms with Crippen molar-refractivity contribution in [3.05, 3.63) is 35.9 Å². The molecule has 0 spiro atoms. The predicted molar refractivity (Wildman–Crippen MR) is 110 cm³/mol. The Kier molecular flexibility index (Phi) is 5.46. The molecule has 0 radical (unpaired) electrons. The minimum Gasteiger partial charge on any atom is -0.353 e. The molecule has 5 heteroatoms. The Morgan fingerprint density at radius 3 is 2.14 bits per heavy atom. The van der Waals surface area contributed by atoms with Crippen molar-refractivity contribution in [2.75, 3.05) is 27.2 Å². The molecule has 5 nitrogen and oxygen atoms in total. The molecule has 4 saturated carbocycles. The second-order valence-corrected chi connectivity index (χ2v) is 9.65. The van der Waals surface area contributed by atoms with E-state index >= 15 is 0 Å². The summed E-state index contributed by atoms with van der Waals surface area (Å²) in [6, 6.07) is 8.83. The van der Waals surface area contributed by atoms with E-state index in [1.807, 2.05) is 44.4 Å². The minimum absolute atomic E-state index is 0.00641. The van der Waals surface area contributed by atoms with Crippen molar-refractivity contribution in [1.29, 1.82) is 0 Å². The van der Waals surface area contributed by atoms with Gasteiger partial charge >= 0.3 is 0 Å². The molecule has 2 amide bonds. The third kappa shape index (κ3) is 3.95. The average molecular weight is 384 g/mol. The smallest absolute Gasteiger partial charge is 0.251 e. The van der Waals surface area contributed by atoms with Crippen LogP contribution in [0.25, 0.3) is 0 Å². The van der Waals surface area contributed by atoms with Crippen LogP contribution < -0.4 is 10.6 Å².